The second kappa shape index (κ2) is 8.05. The average Bonchev–Trinajstić information content (AvgIpc) is 2.56. The van der Waals surface area contributed by atoms with Gasteiger partial charge in [-0.2, -0.15) is 0 Å². The predicted octanol–water partition coefficient (Wildman–Crippen LogP) is 1.51. The second-order valence-electron chi connectivity index (χ2n) is 7.41. The highest BCUT2D eigenvalue weighted by Gasteiger charge is 2.42. The molecule has 7 nitrogen and oxygen atoms in total. The molecule has 1 N–H and O–H groups in total. The Morgan fingerprint density at radius 3 is 2.50 bits per heavy atom. The molecule has 1 amide bonds. The number of morpholine rings is 1. The number of amides is 1. The molecule has 0 radical (unpaired) electrons. The number of nitrogens with zero attached hydrogens (tertiary/aromatic N) is 1. The summed E-state index contributed by atoms with van der Waals surface area (Å²) in [7, 11) is 1.59. The smallest absolute Gasteiger partial charge is 0.338 e. The first-order valence-corrected chi connectivity index (χ1v) is 8.59. The van der Waals surface area contributed by atoms with Gasteiger partial charge < -0.3 is 24.2 Å². The van der Waals surface area contributed by atoms with Gasteiger partial charge in [0.25, 0.3) is 5.91 Å². The molecule has 26 heavy (non-hydrogen) atoms. The molecule has 1 aliphatic heterocycles. The van der Waals surface area contributed by atoms with E-state index in [1.807, 2.05) is 24.3 Å². The fourth-order valence-corrected chi connectivity index (χ4v) is 2.72. The van der Waals surface area contributed by atoms with Crippen molar-refractivity contribution in [3.8, 4) is 5.75 Å². The Morgan fingerprint density at radius 1 is 1.35 bits per heavy atom. The van der Waals surface area contributed by atoms with Crippen LogP contribution in [0.2, 0.25) is 0 Å². The van der Waals surface area contributed by atoms with Crippen molar-refractivity contribution in [2.24, 2.45) is 0 Å². The third-order valence-electron chi connectivity index (χ3n) is 3.88. The van der Waals surface area contributed by atoms with Crippen LogP contribution < -0.4 is 4.74 Å². The summed E-state index contributed by atoms with van der Waals surface area (Å²) < 4.78 is 15.8. The minimum absolute atomic E-state index is 0.312. The van der Waals surface area contributed by atoms with Gasteiger partial charge in [-0.15, -0.1) is 0 Å². The normalized spacial score (nSPS) is 22.1. The Hall–Kier alpha value is -2.12. The maximum Gasteiger partial charge on any atom is 0.338 e. The third kappa shape index (κ3) is 5.19. The number of ether oxygens (including phenoxy) is 3. The van der Waals surface area contributed by atoms with Gasteiger partial charge in [0.1, 0.15) is 11.4 Å². The van der Waals surface area contributed by atoms with Crippen LogP contribution in [0.15, 0.2) is 24.3 Å². The SMILES string of the molecule is COc1ccc(CN2C[C@H](C)O[C@H]([C@@H](O)C(=O)OC(C)(C)C)C2=O)cc1. The first kappa shape index (κ1) is 20.2. The van der Waals surface area contributed by atoms with Crippen molar-refractivity contribution < 1.29 is 28.9 Å². The Balaban J connectivity index is 2.09. The number of aliphatic hydroxyl groups is 1. The van der Waals surface area contributed by atoms with E-state index in [0.717, 1.165) is 11.3 Å². The number of esters is 1. The van der Waals surface area contributed by atoms with Gasteiger partial charge in [-0.25, -0.2) is 4.79 Å². The van der Waals surface area contributed by atoms with Gasteiger partial charge in [-0.1, -0.05) is 12.1 Å². The molecule has 1 aliphatic rings. The zero-order chi connectivity index (χ0) is 19.5. The lowest BCUT2D eigenvalue weighted by Gasteiger charge is -2.37. The second-order valence-corrected chi connectivity index (χ2v) is 7.41. The summed E-state index contributed by atoms with van der Waals surface area (Å²) in [5.74, 6) is -0.569. The molecule has 0 bridgehead atoms. The van der Waals surface area contributed by atoms with E-state index in [9.17, 15) is 14.7 Å². The summed E-state index contributed by atoms with van der Waals surface area (Å²) in [5, 5.41) is 10.3. The van der Waals surface area contributed by atoms with Gasteiger partial charge in [-0.05, 0) is 45.4 Å². The number of methoxy groups -OCH3 is 1. The van der Waals surface area contributed by atoms with Gasteiger partial charge in [0, 0.05) is 13.1 Å². The predicted molar refractivity (Wildman–Crippen MR) is 94.6 cm³/mol. The highest BCUT2D eigenvalue weighted by atomic mass is 16.6. The first-order valence-electron chi connectivity index (χ1n) is 8.59. The lowest BCUT2D eigenvalue weighted by Crippen LogP contribution is -2.57. The van der Waals surface area contributed by atoms with Gasteiger partial charge >= 0.3 is 5.97 Å². The molecule has 1 fully saturated rings. The zero-order valence-electron chi connectivity index (χ0n) is 15.9. The summed E-state index contributed by atoms with van der Waals surface area (Å²) in [6, 6.07) is 7.37. The maximum atomic E-state index is 12.7. The number of carbonyl (C=O) groups excluding carboxylic acids is 2. The van der Waals surface area contributed by atoms with Crippen LogP contribution in [-0.4, -0.2) is 59.5 Å². The van der Waals surface area contributed by atoms with Crippen molar-refractivity contribution in [2.45, 2.75) is 58.2 Å². The summed E-state index contributed by atoms with van der Waals surface area (Å²) >= 11 is 0. The Labute approximate surface area is 153 Å². The van der Waals surface area contributed by atoms with Crippen molar-refractivity contribution in [3.05, 3.63) is 29.8 Å². The van der Waals surface area contributed by atoms with Crippen LogP contribution in [0, 0.1) is 0 Å². The molecular formula is C19H27NO6. The molecule has 1 aromatic rings. The summed E-state index contributed by atoms with van der Waals surface area (Å²) in [6.45, 7) is 7.61. The lowest BCUT2D eigenvalue weighted by atomic mass is 10.1. The largest absolute Gasteiger partial charge is 0.497 e. The van der Waals surface area contributed by atoms with Crippen LogP contribution in [0.25, 0.3) is 0 Å². The van der Waals surface area contributed by atoms with Gasteiger partial charge in [0.2, 0.25) is 0 Å². The fraction of sp³-hybridized carbons (Fsp3) is 0.579. The van der Waals surface area contributed by atoms with Crippen LogP contribution in [0.4, 0.5) is 0 Å². The topological polar surface area (TPSA) is 85.3 Å². The van der Waals surface area contributed by atoms with E-state index in [1.165, 1.54) is 0 Å². The molecule has 0 saturated carbocycles. The standard InChI is InChI=1S/C19H27NO6/c1-12-10-20(11-13-6-8-14(24-5)9-7-13)17(22)16(25-12)15(21)18(23)26-19(2,3)4/h6-9,12,15-16,21H,10-11H2,1-5H3/t12-,15+,16+/m0/s1. The number of benzene rings is 1. The average molecular weight is 365 g/mol. The molecule has 1 heterocycles. The van der Waals surface area contributed by atoms with Crippen molar-refractivity contribution in [1.29, 1.82) is 0 Å². The minimum atomic E-state index is -1.66. The van der Waals surface area contributed by atoms with E-state index < -0.39 is 29.7 Å². The monoisotopic (exact) mass is 365 g/mol. The van der Waals surface area contributed by atoms with E-state index in [0.29, 0.717) is 13.1 Å². The zero-order valence-corrected chi connectivity index (χ0v) is 15.9. The van der Waals surface area contributed by atoms with E-state index in [2.05, 4.69) is 0 Å². The highest BCUT2D eigenvalue weighted by Crippen LogP contribution is 2.21. The van der Waals surface area contributed by atoms with E-state index in [-0.39, 0.29) is 6.10 Å². The fourth-order valence-electron chi connectivity index (χ4n) is 2.72. The molecule has 0 spiro atoms. The van der Waals surface area contributed by atoms with Crippen LogP contribution in [0.5, 0.6) is 5.75 Å². The van der Waals surface area contributed by atoms with Crippen LogP contribution in [0.3, 0.4) is 0 Å². The van der Waals surface area contributed by atoms with Gasteiger partial charge in [0.15, 0.2) is 12.2 Å². The van der Waals surface area contributed by atoms with Crippen LogP contribution >= 0.6 is 0 Å². The van der Waals surface area contributed by atoms with Crippen molar-refractivity contribution >= 4 is 11.9 Å². The van der Waals surface area contributed by atoms with Gasteiger partial charge in [0.05, 0.1) is 13.2 Å². The molecule has 144 valence electrons. The number of hydrogen-bond acceptors (Lipinski definition) is 6. The minimum Gasteiger partial charge on any atom is -0.497 e. The summed E-state index contributed by atoms with van der Waals surface area (Å²) in [5.41, 5.74) is 0.156. The molecule has 1 saturated heterocycles. The quantitative estimate of drug-likeness (QED) is 0.796. The van der Waals surface area contributed by atoms with Crippen molar-refractivity contribution in [3.63, 3.8) is 0 Å². The number of rotatable bonds is 5. The summed E-state index contributed by atoms with van der Waals surface area (Å²) in [6.07, 6.45) is -3.25. The maximum absolute atomic E-state index is 12.7. The van der Waals surface area contributed by atoms with Crippen molar-refractivity contribution in [1.82, 2.24) is 4.90 Å². The molecule has 2 rings (SSSR count). The van der Waals surface area contributed by atoms with E-state index in [4.69, 9.17) is 14.2 Å². The molecule has 7 heteroatoms. The molecular weight excluding hydrogens is 338 g/mol. The van der Waals surface area contributed by atoms with E-state index >= 15 is 0 Å². The van der Waals surface area contributed by atoms with Crippen molar-refractivity contribution in [2.75, 3.05) is 13.7 Å². The third-order valence-corrected chi connectivity index (χ3v) is 3.88. The number of carbonyl (C=O) groups is 2. The first-order chi connectivity index (χ1) is 12.1. The Morgan fingerprint density at radius 2 is 1.96 bits per heavy atom. The summed E-state index contributed by atoms with van der Waals surface area (Å²) in [4.78, 5) is 26.4. The molecule has 0 aromatic heterocycles. The Kier molecular flexibility index (Phi) is 6.26. The molecule has 0 aliphatic carbocycles. The lowest BCUT2D eigenvalue weighted by molar-refractivity contribution is -0.191. The number of hydrogen-bond donors (Lipinski definition) is 1. The highest BCUT2D eigenvalue weighted by molar-refractivity contribution is 5.89. The van der Waals surface area contributed by atoms with Crippen LogP contribution in [-0.2, 0) is 25.6 Å². The molecule has 1 aromatic carbocycles. The number of aliphatic hydroxyl groups excluding tert-OH is 1. The van der Waals surface area contributed by atoms with Crippen LogP contribution in [0.1, 0.15) is 33.3 Å². The molecule has 3 atom stereocenters. The van der Waals surface area contributed by atoms with E-state index in [1.54, 1.807) is 39.7 Å². The Bertz CT molecular complexity index is 636. The van der Waals surface area contributed by atoms with Gasteiger partial charge in [-0.3, -0.25) is 4.79 Å². The molecule has 0 unspecified atom stereocenters.